The topological polar surface area (TPSA) is 109 Å². The van der Waals surface area contributed by atoms with Crippen molar-refractivity contribution in [3.05, 3.63) is 47.7 Å². The monoisotopic (exact) mass is 398 g/mol. The molecule has 10 heteroatoms. The van der Waals surface area contributed by atoms with Crippen molar-refractivity contribution < 1.29 is 37.1 Å². The summed E-state index contributed by atoms with van der Waals surface area (Å²) in [5, 5.41) is 13.5. The Labute approximate surface area is 157 Å². The SMILES string of the molecule is CC(=O)[C@H](CO)NC(=O)CNC(=O)c1ccc(-c2cccc(C(F)(F)F)c2)o1. The Bertz CT molecular complexity index is 876. The molecule has 1 aromatic carbocycles. The smallest absolute Gasteiger partial charge is 0.416 e. The van der Waals surface area contributed by atoms with Gasteiger partial charge in [-0.2, -0.15) is 13.2 Å². The highest BCUT2D eigenvalue weighted by Gasteiger charge is 2.30. The van der Waals surface area contributed by atoms with Gasteiger partial charge in [0.25, 0.3) is 5.91 Å². The maximum atomic E-state index is 12.8. The molecule has 0 aliphatic heterocycles. The first-order chi connectivity index (χ1) is 13.1. The summed E-state index contributed by atoms with van der Waals surface area (Å²) in [7, 11) is 0. The van der Waals surface area contributed by atoms with Crippen LogP contribution in [0, 0.1) is 0 Å². The van der Waals surface area contributed by atoms with Crippen LogP contribution in [0.25, 0.3) is 11.3 Å². The van der Waals surface area contributed by atoms with E-state index < -0.39 is 48.5 Å². The highest BCUT2D eigenvalue weighted by Crippen LogP contribution is 2.32. The second kappa shape index (κ2) is 8.70. The Kier molecular flexibility index (Phi) is 6.57. The van der Waals surface area contributed by atoms with E-state index in [1.54, 1.807) is 0 Å². The standard InChI is InChI=1S/C18H17F3N2O5/c1-10(25)13(9-24)23-16(26)8-22-17(27)15-6-5-14(28-15)11-3-2-4-12(7-11)18(19,20)21/h2-7,13,24H,8-9H2,1H3,(H,22,27)(H,23,26)/t13-/m0/s1. The zero-order valence-electron chi connectivity index (χ0n) is 14.7. The number of aliphatic hydroxyl groups excluding tert-OH is 1. The summed E-state index contributed by atoms with van der Waals surface area (Å²) in [6.45, 7) is 0.133. The summed E-state index contributed by atoms with van der Waals surface area (Å²) in [6, 6.07) is 5.96. The van der Waals surface area contributed by atoms with Gasteiger partial charge in [0.2, 0.25) is 5.91 Å². The minimum Gasteiger partial charge on any atom is -0.451 e. The molecule has 0 spiro atoms. The lowest BCUT2D eigenvalue weighted by Gasteiger charge is -2.12. The second-order valence-electron chi connectivity index (χ2n) is 5.84. The van der Waals surface area contributed by atoms with E-state index in [0.717, 1.165) is 12.1 Å². The maximum absolute atomic E-state index is 12.8. The fourth-order valence-corrected chi connectivity index (χ4v) is 2.23. The third kappa shape index (κ3) is 5.43. The van der Waals surface area contributed by atoms with Crippen molar-refractivity contribution in [1.29, 1.82) is 0 Å². The van der Waals surface area contributed by atoms with Gasteiger partial charge in [-0.3, -0.25) is 14.4 Å². The van der Waals surface area contributed by atoms with E-state index in [2.05, 4.69) is 10.6 Å². The molecule has 1 aromatic heterocycles. The number of halogens is 3. The fourth-order valence-electron chi connectivity index (χ4n) is 2.23. The second-order valence-corrected chi connectivity index (χ2v) is 5.84. The molecular formula is C18H17F3N2O5. The van der Waals surface area contributed by atoms with Crippen LogP contribution >= 0.6 is 0 Å². The summed E-state index contributed by atoms with van der Waals surface area (Å²) in [6.07, 6.45) is -4.51. The molecule has 3 N–H and O–H groups in total. The number of Topliss-reactive ketones (excluding diaryl/α,β-unsaturated/α-hetero) is 1. The molecule has 0 aliphatic carbocycles. The third-order valence-corrected chi connectivity index (χ3v) is 3.72. The molecule has 28 heavy (non-hydrogen) atoms. The number of aliphatic hydroxyl groups is 1. The van der Waals surface area contributed by atoms with Crippen LogP contribution in [0.5, 0.6) is 0 Å². The number of carbonyl (C=O) groups is 3. The average molecular weight is 398 g/mol. The number of hydrogen-bond acceptors (Lipinski definition) is 5. The van der Waals surface area contributed by atoms with Gasteiger partial charge in [-0.15, -0.1) is 0 Å². The highest BCUT2D eigenvalue weighted by atomic mass is 19.4. The minimum absolute atomic E-state index is 0.0534. The zero-order chi connectivity index (χ0) is 20.9. The van der Waals surface area contributed by atoms with Gasteiger partial charge in [0.1, 0.15) is 11.8 Å². The maximum Gasteiger partial charge on any atom is 0.416 e. The molecule has 2 rings (SSSR count). The van der Waals surface area contributed by atoms with E-state index in [4.69, 9.17) is 9.52 Å². The summed E-state index contributed by atoms with van der Waals surface area (Å²) in [5.41, 5.74) is -0.716. The molecule has 7 nitrogen and oxygen atoms in total. The first-order valence-corrected chi connectivity index (χ1v) is 8.08. The van der Waals surface area contributed by atoms with Crippen molar-refractivity contribution in [2.45, 2.75) is 19.1 Å². The van der Waals surface area contributed by atoms with Crippen LogP contribution in [-0.2, 0) is 15.8 Å². The van der Waals surface area contributed by atoms with Crippen LogP contribution in [-0.4, -0.2) is 41.9 Å². The quantitative estimate of drug-likeness (QED) is 0.659. The zero-order valence-corrected chi connectivity index (χ0v) is 14.7. The summed E-state index contributed by atoms with van der Waals surface area (Å²) in [5.74, 6) is -2.06. The molecule has 0 saturated carbocycles. The van der Waals surface area contributed by atoms with Crippen LogP contribution in [0.1, 0.15) is 23.0 Å². The van der Waals surface area contributed by atoms with Gasteiger partial charge in [-0.05, 0) is 31.2 Å². The summed E-state index contributed by atoms with van der Waals surface area (Å²) in [4.78, 5) is 34.9. The molecule has 150 valence electrons. The molecule has 1 heterocycles. The summed E-state index contributed by atoms with van der Waals surface area (Å²) < 4.78 is 43.6. The number of furan rings is 1. The first kappa shape index (κ1) is 21.2. The van der Waals surface area contributed by atoms with Crippen LogP contribution in [0.2, 0.25) is 0 Å². The Hall–Kier alpha value is -3.14. The lowest BCUT2D eigenvalue weighted by molar-refractivity contribution is -0.137. The molecule has 0 aliphatic rings. The first-order valence-electron chi connectivity index (χ1n) is 8.08. The van der Waals surface area contributed by atoms with Gasteiger partial charge in [0.05, 0.1) is 18.7 Å². The van der Waals surface area contributed by atoms with Crippen molar-refractivity contribution >= 4 is 17.6 Å². The summed E-state index contributed by atoms with van der Waals surface area (Å²) >= 11 is 0. The van der Waals surface area contributed by atoms with E-state index in [0.29, 0.717) is 0 Å². The van der Waals surface area contributed by atoms with Crippen LogP contribution < -0.4 is 10.6 Å². The number of benzene rings is 1. The normalized spacial score (nSPS) is 12.3. The Balaban J connectivity index is 2.01. The number of hydrogen-bond donors (Lipinski definition) is 3. The molecule has 2 amide bonds. The molecule has 0 fully saturated rings. The van der Waals surface area contributed by atoms with Gasteiger partial charge in [0.15, 0.2) is 11.5 Å². The Morgan fingerprint density at radius 1 is 1.18 bits per heavy atom. The number of alkyl halides is 3. The predicted molar refractivity (Wildman–Crippen MR) is 91.2 cm³/mol. The highest BCUT2D eigenvalue weighted by molar-refractivity contribution is 5.95. The number of nitrogens with one attached hydrogen (secondary N) is 2. The van der Waals surface area contributed by atoms with Gasteiger partial charge >= 0.3 is 6.18 Å². The molecule has 0 radical (unpaired) electrons. The third-order valence-electron chi connectivity index (χ3n) is 3.72. The van der Waals surface area contributed by atoms with Crippen LogP contribution in [0.3, 0.4) is 0 Å². The van der Waals surface area contributed by atoms with Gasteiger partial charge < -0.3 is 20.2 Å². The predicted octanol–water partition coefficient (Wildman–Crippen LogP) is 1.76. The van der Waals surface area contributed by atoms with Crippen molar-refractivity contribution in [3.63, 3.8) is 0 Å². The molecule has 0 saturated heterocycles. The number of carbonyl (C=O) groups excluding carboxylic acids is 3. The van der Waals surface area contributed by atoms with Crippen LogP contribution in [0.4, 0.5) is 13.2 Å². The Morgan fingerprint density at radius 2 is 1.89 bits per heavy atom. The number of rotatable bonds is 7. The van der Waals surface area contributed by atoms with Crippen molar-refractivity contribution in [2.75, 3.05) is 13.2 Å². The minimum atomic E-state index is -4.51. The lowest BCUT2D eigenvalue weighted by Crippen LogP contribution is -2.46. The van der Waals surface area contributed by atoms with Crippen molar-refractivity contribution in [3.8, 4) is 11.3 Å². The van der Waals surface area contributed by atoms with E-state index in [1.165, 1.54) is 31.2 Å². The fraction of sp³-hybridized carbons (Fsp3) is 0.278. The number of amides is 2. The van der Waals surface area contributed by atoms with Crippen molar-refractivity contribution in [2.24, 2.45) is 0 Å². The van der Waals surface area contributed by atoms with E-state index in [9.17, 15) is 27.6 Å². The van der Waals surface area contributed by atoms with Gasteiger partial charge in [0, 0.05) is 5.56 Å². The van der Waals surface area contributed by atoms with E-state index in [1.807, 2.05) is 0 Å². The van der Waals surface area contributed by atoms with Crippen LogP contribution in [0.15, 0.2) is 40.8 Å². The Morgan fingerprint density at radius 3 is 2.50 bits per heavy atom. The van der Waals surface area contributed by atoms with Crippen molar-refractivity contribution in [1.82, 2.24) is 10.6 Å². The lowest BCUT2D eigenvalue weighted by atomic mass is 10.1. The van der Waals surface area contributed by atoms with E-state index in [-0.39, 0.29) is 17.1 Å². The molecule has 2 aromatic rings. The van der Waals surface area contributed by atoms with Gasteiger partial charge in [-0.25, -0.2) is 0 Å². The largest absolute Gasteiger partial charge is 0.451 e. The molecule has 0 unspecified atom stereocenters. The molecule has 0 bridgehead atoms. The molecule has 1 atom stereocenters. The molecular weight excluding hydrogens is 381 g/mol. The van der Waals surface area contributed by atoms with Gasteiger partial charge in [-0.1, -0.05) is 12.1 Å². The number of ketones is 1. The van der Waals surface area contributed by atoms with E-state index >= 15 is 0 Å². The average Bonchev–Trinajstić information content (AvgIpc) is 3.13.